The summed E-state index contributed by atoms with van der Waals surface area (Å²) < 4.78 is 10.5. The first-order chi connectivity index (χ1) is 14.5. The van der Waals surface area contributed by atoms with E-state index in [9.17, 15) is 4.79 Å². The molecule has 8 nitrogen and oxygen atoms in total. The van der Waals surface area contributed by atoms with Crippen molar-refractivity contribution in [1.29, 1.82) is 0 Å². The Kier molecular flexibility index (Phi) is 6.39. The molecule has 1 aromatic carbocycles. The molecule has 0 radical (unpaired) electrons. The third-order valence-corrected chi connectivity index (χ3v) is 5.89. The molecule has 0 spiro atoms. The Morgan fingerprint density at radius 2 is 2.03 bits per heavy atom. The van der Waals surface area contributed by atoms with Crippen molar-refractivity contribution in [2.75, 3.05) is 18.4 Å². The molecular formula is C21H25N5O3S. The van der Waals surface area contributed by atoms with Gasteiger partial charge >= 0.3 is 0 Å². The van der Waals surface area contributed by atoms with Crippen LogP contribution >= 0.6 is 11.3 Å². The van der Waals surface area contributed by atoms with Crippen molar-refractivity contribution in [2.45, 2.75) is 39.8 Å². The van der Waals surface area contributed by atoms with E-state index >= 15 is 0 Å². The van der Waals surface area contributed by atoms with Crippen LogP contribution in [-0.2, 0) is 13.2 Å². The Bertz CT molecular complexity index is 977. The van der Waals surface area contributed by atoms with Crippen molar-refractivity contribution in [3.05, 3.63) is 52.6 Å². The zero-order valence-corrected chi connectivity index (χ0v) is 17.9. The molecule has 158 valence electrons. The molecule has 0 aliphatic carbocycles. The number of thiazole rings is 1. The van der Waals surface area contributed by atoms with E-state index < -0.39 is 0 Å². The van der Waals surface area contributed by atoms with Gasteiger partial charge in [-0.05, 0) is 56.1 Å². The minimum Gasteiger partial charge on any atom is -0.485 e. The Labute approximate surface area is 179 Å². The van der Waals surface area contributed by atoms with Gasteiger partial charge in [-0.25, -0.2) is 4.98 Å². The van der Waals surface area contributed by atoms with E-state index in [1.54, 1.807) is 31.2 Å². The second kappa shape index (κ2) is 9.36. The van der Waals surface area contributed by atoms with Gasteiger partial charge in [-0.15, -0.1) is 11.3 Å². The van der Waals surface area contributed by atoms with Gasteiger partial charge in [0.1, 0.15) is 5.75 Å². The summed E-state index contributed by atoms with van der Waals surface area (Å²) in [5.41, 5.74) is 1.55. The highest BCUT2D eigenvalue weighted by Gasteiger charge is 2.17. The van der Waals surface area contributed by atoms with Crippen LogP contribution < -0.4 is 10.1 Å². The van der Waals surface area contributed by atoms with Gasteiger partial charge in [-0.1, -0.05) is 12.1 Å². The predicted molar refractivity (Wildman–Crippen MR) is 114 cm³/mol. The second-order valence-corrected chi connectivity index (χ2v) is 8.46. The molecule has 0 saturated carbocycles. The Morgan fingerprint density at radius 3 is 2.73 bits per heavy atom. The molecule has 1 amide bonds. The number of amides is 1. The average molecular weight is 428 g/mol. The van der Waals surface area contributed by atoms with E-state index in [1.165, 1.54) is 24.2 Å². The summed E-state index contributed by atoms with van der Waals surface area (Å²) in [6, 6.07) is 6.92. The lowest BCUT2D eigenvalue weighted by atomic mass is 9.99. The van der Waals surface area contributed by atoms with Crippen LogP contribution in [0.4, 0.5) is 5.13 Å². The molecule has 1 aliphatic heterocycles. The number of benzene rings is 1. The van der Waals surface area contributed by atoms with E-state index in [-0.39, 0.29) is 12.5 Å². The van der Waals surface area contributed by atoms with Crippen molar-refractivity contribution in [3.63, 3.8) is 0 Å². The molecule has 4 rings (SSSR count). The number of hydrogen-bond donors (Lipinski definition) is 1. The van der Waals surface area contributed by atoms with Crippen molar-refractivity contribution in [1.82, 2.24) is 20.0 Å². The number of carbonyl (C=O) groups excluding carboxylic acids is 1. The van der Waals surface area contributed by atoms with Gasteiger partial charge in [-0.2, -0.15) is 4.98 Å². The zero-order valence-electron chi connectivity index (χ0n) is 17.1. The minimum atomic E-state index is -0.192. The van der Waals surface area contributed by atoms with Crippen LogP contribution in [0.3, 0.4) is 0 Å². The molecular weight excluding hydrogens is 402 g/mol. The molecule has 3 heterocycles. The number of aromatic nitrogens is 3. The molecule has 0 bridgehead atoms. The highest BCUT2D eigenvalue weighted by molar-refractivity contribution is 7.13. The lowest BCUT2D eigenvalue weighted by Crippen LogP contribution is -2.32. The monoisotopic (exact) mass is 427 g/mol. The summed E-state index contributed by atoms with van der Waals surface area (Å²) in [5.74, 6) is 2.22. The molecule has 0 atom stereocenters. The van der Waals surface area contributed by atoms with E-state index in [2.05, 4.69) is 32.3 Å². The fourth-order valence-corrected chi connectivity index (χ4v) is 4.00. The maximum Gasteiger partial charge on any atom is 0.257 e. The van der Waals surface area contributed by atoms with Crippen molar-refractivity contribution in [3.8, 4) is 5.75 Å². The normalized spacial score (nSPS) is 15.3. The zero-order chi connectivity index (χ0) is 20.9. The smallest absolute Gasteiger partial charge is 0.257 e. The standard InChI is InChI=1S/C21H25N5O3S/c1-14-7-9-26(10-8-14)11-17-13-30-21(23-17)24-20(27)16-3-5-18(6-4-16)28-12-19-22-15(2)29-25-19/h3-6,13-14H,7-12H2,1-2H3,(H,23,24,27). The van der Waals surface area contributed by atoms with Crippen molar-refractivity contribution < 1.29 is 14.1 Å². The van der Waals surface area contributed by atoms with Crippen LogP contribution in [0.5, 0.6) is 5.75 Å². The quantitative estimate of drug-likeness (QED) is 0.611. The number of anilines is 1. The molecule has 1 fully saturated rings. The average Bonchev–Trinajstić information content (AvgIpc) is 3.37. The van der Waals surface area contributed by atoms with Crippen molar-refractivity contribution in [2.24, 2.45) is 5.92 Å². The molecule has 2 aromatic heterocycles. The van der Waals surface area contributed by atoms with E-state index in [0.717, 1.165) is 31.2 Å². The Morgan fingerprint density at radius 1 is 1.27 bits per heavy atom. The third-order valence-electron chi connectivity index (χ3n) is 5.09. The van der Waals surface area contributed by atoms with E-state index in [0.29, 0.717) is 28.2 Å². The van der Waals surface area contributed by atoms with Crippen LogP contribution in [0.15, 0.2) is 34.2 Å². The van der Waals surface area contributed by atoms with E-state index in [4.69, 9.17) is 9.26 Å². The number of likely N-dealkylation sites (tertiary alicyclic amines) is 1. The highest BCUT2D eigenvalue weighted by Crippen LogP contribution is 2.22. The largest absolute Gasteiger partial charge is 0.485 e. The SMILES string of the molecule is Cc1nc(COc2ccc(C(=O)Nc3nc(CN4CCC(C)CC4)cs3)cc2)no1. The number of nitrogens with zero attached hydrogens (tertiary/aromatic N) is 4. The summed E-state index contributed by atoms with van der Waals surface area (Å²) in [4.78, 5) is 23.6. The molecule has 0 unspecified atom stereocenters. The number of hydrogen-bond acceptors (Lipinski definition) is 8. The summed E-state index contributed by atoms with van der Waals surface area (Å²) in [6.07, 6.45) is 2.48. The van der Waals surface area contributed by atoms with Crippen LogP contribution in [0.1, 0.15) is 47.5 Å². The maximum atomic E-state index is 12.5. The number of rotatable bonds is 7. The molecule has 1 saturated heterocycles. The molecule has 3 aromatic rings. The first-order valence-corrected chi connectivity index (χ1v) is 10.9. The number of aryl methyl sites for hydroxylation is 1. The number of piperidine rings is 1. The fourth-order valence-electron chi connectivity index (χ4n) is 3.31. The molecule has 30 heavy (non-hydrogen) atoms. The van der Waals surface area contributed by atoms with Gasteiger partial charge in [0.15, 0.2) is 11.7 Å². The number of nitrogens with one attached hydrogen (secondary N) is 1. The molecule has 1 N–H and O–H groups in total. The van der Waals surface area contributed by atoms with E-state index in [1.807, 2.05) is 5.38 Å². The lowest BCUT2D eigenvalue weighted by Gasteiger charge is -2.29. The molecule has 1 aliphatic rings. The van der Waals surface area contributed by atoms with Crippen molar-refractivity contribution >= 4 is 22.4 Å². The summed E-state index contributed by atoms with van der Waals surface area (Å²) >= 11 is 1.46. The van der Waals surface area contributed by atoms with Gasteiger partial charge in [0.2, 0.25) is 11.7 Å². The van der Waals surface area contributed by atoms with Crippen LogP contribution in [0, 0.1) is 12.8 Å². The van der Waals surface area contributed by atoms with Gasteiger partial charge in [0.25, 0.3) is 5.91 Å². The van der Waals surface area contributed by atoms with Crippen LogP contribution in [-0.4, -0.2) is 39.0 Å². The highest BCUT2D eigenvalue weighted by atomic mass is 32.1. The third kappa shape index (κ3) is 5.43. The fraction of sp³-hybridized carbons (Fsp3) is 0.429. The van der Waals surface area contributed by atoms with Gasteiger partial charge in [-0.3, -0.25) is 15.0 Å². The van der Waals surface area contributed by atoms with Crippen LogP contribution in [0.2, 0.25) is 0 Å². The summed E-state index contributed by atoms with van der Waals surface area (Å²) in [7, 11) is 0. The summed E-state index contributed by atoms with van der Waals surface area (Å²) in [5, 5.41) is 9.30. The first-order valence-electron chi connectivity index (χ1n) is 10.1. The molecule has 9 heteroatoms. The second-order valence-electron chi connectivity index (χ2n) is 7.60. The topological polar surface area (TPSA) is 93.4 Å². The maximum absolute atomic E-state index is 12.5. The van der Waals surface area contributed by atoms with Gasteiger partial charge < -0.3 is 9.26 Å². The predicted octanol–water partition coefficient (Wildman–Crippen LogP) is 3.90. The number of carbonyl (C=O) groups is 1. The lowest BCUT2D eigenvalue weighted by molar-refractivity contribution is 0.102. The Hall–Kier alpha value is -2.78. The number of ether oxygens (including phenoxy) is 1. The van der Waals surface area contributed by atoms with Gasteiger partial charge in [0.05, 0.1) is 5.69 Å². The van der Waals surface area contributed by atoms with Gasteiger partial charge in [0, 0.05) is 24.4 Å². The minimum absolute atomic E-state index is 0.192. The van der Waals surface area contributed by atoms with Crippen LogP contribution in [0.25, 0.3) is 0 Å². The summed E-state index contributed by atoms with van der Waals surface area (Å²) in [6.45, 7) is 7.30. The first kappa shape index (κ1) is 20.5. The Balaban J connectivity index is 1.28.